The summed E-state index contributed by atoms with van der Waals surface area (Å²) in [5.74, 6) is -0.276. The Morgan fingerprint density at radius 1 is 1.00 bits per heavy atom. The molecule has 8 heteroatoms. The molecule has 0 aliphatic carbocycles. The lowest BCUT2D eigenvalue weighted by Crippen LogP contribution is -2.42. The molecule has 1 heterocycles. The van der Waals surface area contributed by atoms with E-state index in [4.69, 9.17) is 23.2 Å². The first-order valence-corrected chi connectivity index (χ1v) is 12.3. The monoisotopic (exact) mass is 476 g/mol. The van der Waals surface area contributed by atoms with Crippen LogP contribution in [0.4, 0.5) is 0 Å². The molecule has 3 aromatic rings. The summed E-state index contributed by atoms with van der Waals surface area (Å²) >= 11 is 12.0. The Kier molecular flexibility index (Phi) is 6.53. The van der Waals surface area contributed by atoms with Gasteiger partial charge in [-0.05, 0) is 47.4 Å². The fraction of sp³-hybridized carbons (Fsp3) is 0.261. The third-order valence-electron chi connectivity index (χ3n) is 5.67. The smallest absolute Gasteiger partial charge is 0.244 e. The first-order chi connectivity index (χ1) is 14.9. The fourth-order valence-electron chi connectivity index (χ4n) is 3.95. The molecule has 0 spiro atoms. The molecular weight excluding hydrogens is 455 g/mol. The van der Waals surface area contributed by atoms with Gasteiger partial charge >= 0.3 is 0 Å². The standard InChI is InChI=1S/C23H22Cl2N2O3S/c24-19-8-9-21(25)22(14-19)31(29,30)27-12-10-17(11-13-27)23(28)26-15-18-6-3-5-16-4-1-2-7-20(16)18/h1-9,14,17H,10-13,15H2,(H,26,28). The summed E-state index contributed by atoms with van der Waals surface area (Å²) in [6, 6.07) is 18.5. The van der Waals surface area contributed by atoms with Crippen molar-refractivity contribution in [1.29, 1.82) is 0 Å². The third-order valence-corrected chi connectivity index (χ3v) is 8.28. The summed E-state index contributed by atoms with van der Waals surface area (Å²) < 4.78 is 27.3. The average molecular weight is 477 g/mol. The molecule has 1 amide bonds. The van der Waals surface area contributed by atoms with Crippen molar-refractivity contribution in [3.8, 4) is 0 Å². The Hall–Kier alpha value is -2.12. The van der Waals surface area contributed by atoms with E-state index in [-0.39, 0.29) is 34.8 Å². The zero-order valence-corrected chi connectivity index (χ0v) is 19.1. The lowest BCUT2D eigenvalue weighted by Gasteiger charge is -2.30. The lowest BCUT2D eigenvalue weighted by atomic mass is 9.97. The summed E-state index contributed by atoms with van der Waals surface area (Å²) in [7, 11) is -3.76. The highest BCUT2D eigenvalue weighted by atomic mass is 35.5. The molecule has 162 valence electrons. The van der Waals surface area contributed by atoms with Crippen LogP contribution in [0.2, 0.25) is 10.0 Å². The highest BCUT2D eigenvalue weighted by Gasteiger charge is 2.33. The first-order valence-electron chi connectivity index (χ1n) is 10.1. The molecule has 4 rings (SSSR count). The van der Waals surface area contributed by atoms with E-state index in [1.54, 1.807) is 6.07 Å². The van der Waals surface area contributed by atoms with Crippen molar-refractivity contribution in [1.82, 2.24) is 9.62 Å². The normalized spacial score (nSPS) is 15.8. The van der Waals surface area contributed by atoms with Gasteiger partial charge in [-0.1, -0.05) is 65.7 Å². The molecule has 5 nitrogen and oxygen atoms in total. The molecule has 31 heavy (non-hydrogen) atoms. The van der Waals surface area contributed by atoms with E-state index in [0.717, 1.165) is 16.3 Å². The van der Waals surface area contributed by atoms with Crippen LogP contribution in [0.25, 0.3) is 10.8 Å². The Morgan fingerprint density at radius 3 is 2.48 bits per heavy atom. The first kappa shape index (κ1) is 22.1. The Labute approximate surface area is 192 Å². The molecule has 1 saturated heterocycles. The van der Waals surface area contributed by atoms with E-state index < -0.39 is 10.0 Å². The van der Waals surface area contributed by atoms with Gasteiger partial charge in [0, 0.05) is 30.6 Å². The van der Waals surface area contributed by atoms with Gasteiger partial charge in [-0.25, -0.2) is 8.42 Å². The molecule has 0 radical (unpaired) electrons. The number of sulfonamides is 1. The largest absolute Gasteiger partial charge is 0.352 e. The molecule has 1 aliphatic heterocycles. The van der Waals surface area contributed by atoms with Crippen LogP contribution in [0, 0.1) is 5.92 Å². The quantitative estimate of drug-likeness (QED) is 0.571. The number of amides is 1. The maximum atomic E-state index is 13.0. The van der Waals surface area contributed by atoms with Crippen molar-refractivity contribution in [3.05, 3.63) is 76.3 Å². The van der Waals surface area contributed by atoms with Gasteiger partial charge in [0.1, 0.15) is 4.90 Å². The predicted octanol–water partition coefficient (Wildman–Crippen LogP) is 4.86. The highest BCUT2D eigenvalue weighted by Crippen LogP contribution is 2.30. The van der Waals surface area contributed by atoms with Crippen LogP contribution < -0.4 is 5.32 Å². The zero-order valence-electron chi connectivity index (χ0n) is 16.7. The van der Waals surface area contributed by atoms with Gasteiger partial charge in [-0.2, -0.15) is 4.31 Å². The van der Waals surface area contributed by atoms with Crippen molar-refractivity contribution in [2.24, 2.45) is 5.92 Å². The molecule has 0 aromatic heterocycles. The van der Waals surface area contributed by atoms with Crippen LogP contribution in [-0.4, -0.2) is 31.7 Å². The summed E-state index contributed by atoms with van der Waals surface area (Å²) in [5, 5.41) is 5.71. The fourth-order valence-corrected chi connectivity index (χ4v) is 6.15. The highest BCUT2D eigenvalue weighted by molar-refractivity contribution is 7.89. The van der Waals surface area contributed by atoms with E-state index in [9.17, 15) is 13.2 Å². The number of fused-ring (bicyclic) bond motifs is 1. The van der Waals surface area contributed by atoms with Crippen molar-refractivity contribution < 1.29 is 13.2 Å². The number of nitrogens with one attached hydrogen (secondary N) is 1. The van der Waals surface area contributed by atoms with E-state index in [0.29, 0.717) is 24.4 Å². The van der Waals surface area contributed by atoms with Gasteiger partial charge in [-0.15, -0.1) is 0 Å². The van der Waals surface area contributed by atoms with E-state index in [1.807, 2.05) is 42.5 Å². The Morgan fingerprint density at radius 2 is 1.71 bits per heavy atom. The molecule has 1 N–H and O–H groups in total. The third kappa shape index (κ3) is 4.72. The number of nitrogens with zero attached hydrogens (tertiary/aromatic N) is 1. The number of rotatable bonds is 5. The molecule has 1 aliphatic rings. The second-order valence-electron chi connectivity index (χ2n) is 7.61. The summed E-state index contributed by atoms with van der Waals surface area (Å²) in [5.41, 5.74) is 1.06. The van der Waals surface area contributed by atoms with Crippen molar-refractivity contribution >= 4 is 49.9 Å². The van der Waals surface area contributed by atoms with Gasteiger partial charge < -0.3 is 5.32 Å². The molecule has 0 saturated carbocycles. The second-order valence-corrected chi connectivity index (χ2v) is 10.4. The van der Waals surface area contributed by atoms with Crippen LogP contribution in [0.15, 0.2) is 65.6 Å². The Bertz CT molecular complexity index is 1220. The number of hydrogen-bond acceptors (Lipinski definition) is 3. The van der Waals surface area contributed by atoms with Crippen molar-refractivity contribution in [2.75, 3.05) is 13.1 Å². The van der Waals surface area contributed by atoms with Crippen LogP contribution in [0.3, 0.4) is 0 Å². The van der Waals surface area contributed by atoms with E-state index in [2.05, 4.69) is 5.32 Å². The summed E-state index contributed by atoms with van der Waals surface area (Å²) in [4.78, 5) is 12.7. The number of carbonyl (C=O) groups excluding carboxylic acids is 1. The SMILES string of the molecule is O=C(NCc1cccc2ccccc12)C1CCN(S(=O)(=O)c2cc(Cl)ccc2Cl)CC1. The van der Waals surface area contributed by atoms with Crippen LogP contribution in [-0.2, 0) is 21.4 Å². The molecular formula is C23H22Cl2N2O3S. The molecule has 1 fully saturated rings. The maximum absolute atomic E-state index is 13.0. The molecule has 0 atom stereocenters. The minimum absolute atomic E-state index is 0.000485. The number of hydrogen-bond donors (Lipinski definition) is 1. The summed E-state index contributed by atoms with van der Waals surface area (Å²) in [6.07, 6.45) is 0.914. The van der Waals surface area contributed by atoms with E-state index >= 15 is 0 Å². The second kappa shape index (κ2) is 9.17. The van der Waals surface area contributed by atoms with Crippen LogP contribution in [0.5, 0.6) is 0 Å². The minimum Gasteiger partial charge on any atom is -0.352 e. The van der Waals surface area contributed by atoms with Gasteiger partial charge in [0.15, 0.2) is 0 Å². The number of piperidine rings is 1. The maximum Gasteiger partial charge on any atom is 0.244 e. The lowest BCUT2D eigenvalue weighted by molar-refractivity contribution is -0.126. The number of benzene rings is 3. The average Bonchev–Trinajstić information content (AvgIpc) is 2.79. The topological polar surface area (TPSA) is 66.5 Å². The summed E-state index contributed by atoms with van der Waals surface area (Å²) in [6.45, 7) is 0.964. The zero-order chi connectivity index (χ0) is 22.0. The minimum atomic E-state index is -3.76. The van der Waals surface area contributed by atoms with Gasteiger partial charge in [-0.3, -0.25) is 4.79 Å². The number of carbonyl (C=O) groups is 1. The Balaban J connectivity index is 1.38. The van der Waals surface area contributed by atoms with Crippen molar-refractivity contribution in [3.63, 3.8) is 0 Å². The molecule has 0 bridgehead atoms. The van der Waals surface area contributed by atoms with Crippen LogP contribution in [0.1, 0.15) is 18.4 Å². The molecule has 0 unspecified atom stereocenters. The van der Waals surface area contributed by atoms with Crippen molar-refractivity contribution in [2.45, 2.75) is 24.3 Å². The molecule has 3 aromatic carbocycles. The van der Waals surface area contributed by atoms with Gasteiger partial charge in [0.2, 0.25) is 15.9 Å². The number of halogens is 2. The van der Waals surface area contributed by atoms with E-state index in [1.165, 1.54) is 16.4 Å². The van der Waals surface area contributed by atoms with Gasteiger partial charge in [0.25, 0.3) is 0 Å². The predicted molar refractivity (Wildman–Crippen MR) is 124 cm³/mol. The van der Waals surface area contributed by atoms with Crippen LogP contribution >= 0.6 is 23.2 Å². The van der Waals surface area contributed by atoms with Gasteiger partial charge in [0.05, 0.1) is 5.02 Å².